The number of carbonyl (C=O) groups excluding carboxylic acids is 1. The van der Waals surface area contributed by atoms with Crippen LogP contribution in [0.25, 0.3) is 0 Å². The summed E-state index contributed by atoms with van der Waals surface area (Å²) in [6.45, 7) is 1.82. The minimum atomic E-state index is -0.452. The van der Waals surface area contributed by atoms with Crippen LogP contribution in [0.15, 0.2) is 12.3 Å². The summed E-state index contributed by atoms with van der Waals surface area (Å²) < 4.78 is 4.51. The summed E-state index contributed by atoms with van der Waals surface area (Å²) in [5.74, 6) is 2.01. The molecule has 0 amide bonds. The second kappa shape index (κ2) is 3.72. The number of aryl methyl sites for hydroxylation is 1. The fourth-order valence-electron chi connectivity index (χ4n) is 0.923. The van der Waals surface area contributed by atoms with E-state index in [0.717, 1.165) is 5.56 Å². The summed E-state index contributed by atoms with van der Waals surface area (Å²) in [5, 5.41) is 0. The third kappa shape index (κ3) is 1.85. The molecule has 0 saturated carbocycles. The lowest BCUT2D eigenvalue weighted by molar-refractivity contribution is 0.0594. The molecule has 0 N–H and O–H groups in total. The molecule has 0 unspecified atom stereocenters. The summed E-state index contributed by atoms with van der Waals surface area (Å²) in [7, 11) is 1.31. The van der Waals surface area contributed by atoms with Gasteiger partial charge in [-0.1, -0.05) is 5.92 Å². The molecule has 0 fully saturated rings. The van der Waals surface area contributed by atoms with E-state index in [4.69, 9.17) is 6.42 Å². The molecule has 0 radical (unpaired) electrons. The maximum absolute atomic E-state index is 11.0. The first-order valence-corrected chi connectivity index (χ1v) is 3.70. The molecule has 1 heterocycles. The van der Waals surface area contributed by atoms with Crippen molar-refractivity contribution in [2.75, 3.05) is 7.11 Å². The van der Waals surface area contributed by atoms with E-state index in [1.54, 1.807) is 6.07 Å². The first-order valence-electron chi connectivity index (χ1n) is 3.70. The van der Waals surface area contributed by atoms with Crippen LogP contribution in [0.5, 0.6) is 0 Å². The lowest BCUT2D eigenvalue weighted by Gasteiger charge is -2.00. The van der Waals surface area contributed by atoms with Gasteiger partial charge in [-0.25, -0.2) is 9.78 Å². The minimum absolute atomic E-state index is 0.277. The Morgan fingerprint density at radius 2 is 2.38 bits per heavy atom. The van der Waals surface area contributed by atoms with E-state index < -0.39 is 5.97 Å². The van der Waals surface area contributed by atoms with E-state index in [1.165, 1.54) is 13.3 Å². The quantitative estimate of drug-likeness (QED) is 0.475. The fourth-order valence-corrected chi connectivity index (χ4v) is 0.923. The van der Waals surface area contributed by atoms with Crippen molar-refractivity contribution in [3.05, 3.63) is 29.1 Å². The van der Waals surface area contributed by atoms with Crippen LogP contribution in [-0.4, -0.2) is 18.1 Å². The summed E-state index contributed by atoms with van der Waals surface area (Å²) >= 11 is 0. The Balaban J connectivity index is 3.11. The van der Waals surface area contributed by atoms with Gasteiger partial charge in [-0.2, -0.15) is 0 Å². The SMILES string of the molecule is C#Cc1cnc(C(=O)OC)cc1C. The average Bonchev–Trinajstić information content (AvgIpc) is 2.16. The number of esters is 1. The van der Waals surface area contributed by atoms with Crippen molar-refractivity contribution in [1.29, 1.82) is 0 Å². The molecule has 3 nitrogen and oxygen atoms in total. The number of aromatic nitrogens is 1. The van der Waals surface area contributed by atoms with Crippen molar-refractivity contribution in [3.63, 3.8) is 0 Å². The lowest BCUT2D eigenvalue weighted by atomic mass is 10.1. The molecule has 3 heteroatoms. The Kier molecular flexibility index (Phi) is 2.65. The monoisotopic (exact) mass is 175 g/mol. The number of nitrogens with zero attached hydrogens (tertiary/aromatic N) is 1. The molecule has 1 aromatic rings. The van der Waals surface area contributed by atoms with Gasteiger partial charge in [0.15, 0.2) is 0 Å². The molecule has 0 bridgehead atoms. The molecular weight excluding hydrogens is 166 g/mol. The second-order valence-corrected chi connectivity index (χ2v) is 2.52. The zero-order chi connectivity index (χ0) is 9.84. The molecule has 13 heavy (non-hydrogen) atoms. The van der Waals surface area contributed by atoms with E-state index in [9.17, 15) is 4.79 Å². The van der Waals surface area contributed by atoms with Gasteiger partial charge in [-0.05, 0) is 18.6 Å². The molecule has 1 rings (SSSR count). The zero-order valence-corrected chi connectivity index (χ0v) is 7.50. The van der Waals surface area contributed by atoms with Crippen LogP contribution in [0.4, 0.5) is 0 Å². The number of carbonyl (C=O) groups is 1. The smallest absolute Gasteiger partial charge is 0.356 e. The van der Waals surface area contributed by atoms with Gasteiger partial charge in [0.1, 0.15) is 5.69 Å². The van der Waals surface area contributed by atoms with Gasteiger partial charge >= 0.3 is 5.97 Å². The van der Waals surface area contributed by atoms with Crippen LogP contribution in [0.1, 0.15) is 21.6 Å². The number of ether oxygens (including phenoxy) is 1. The summed E-state index contributed by atoms with van der Waals surface area (Å²) in [6.07, 6.45) is 6.69. The van der Waals surface area contributed by atoms with Gasteiger partial charge in [0.2, 0.25) is 0 Å². The van der Waals surface area contributed by atoms with E-state index in [0.29, 0.717) is 5.56 Å². The number of methoxy groups -OCH3 is 1. The average molecular weight is 175 g/mol. The highest BCUT2D eigenvalue weighted by Crippen LogP contribution is 2.07. The van der Waals surface area contributed by atoms with Crippen LogP contribution in [0.3, 0.4) is 0 Å². The topological polar surface area (TPSA) is 39.2 Å². The lowest BCUT2D eigenvalue weighted by Crippen LogP contribution is -2.04. The van der Waals surface area contributed by atoms with Gasteiger partial charge in [0.05, 0.1) is 7.11 Å². The van der Waals surface area contributed by atoms with Crippen LogP contribution >= 0.6 is 0 Å². The van der Waals surface area contributed by atoms with Crippen LogP contribution in [0, 0.1) is 19.3 Å². The number of rotatable bonds is 1. The third-order valence-corrected chi connectivity index (χ3v) is 1.66. The van der Waals surface area contributed by atoms with E-state index >= 15 is 0 Å². The Morgan fingerprint density at radius 3 is 2.85 bits per heavy atom. The first kappa shape index (κ1) is 9.27. The largest absolute Gasteiger partial charge is 0.464 e. The van der Waals surface area contributed by atoms with E-state index in [2.05, 4.69) is 15.6 Å². The molecular formula is C10H9NO2. The van der Waals surface area contributed by atoms with Gasteiger partial charge in [-0.15, -0.1) is 6.42 Å². The number of hydrogen-bond acceptors (Lipinski definition) is 3. The molecule has 0 aliphatic carbocycles. The van der Waals surface area contributed by atoms with Gasteiger partial charge < -0.3 is 4.74 Å². The van der Waals surface area contributed by atoms with Crippen molar-refractivity contribution in [3.8, 4) is 12.3 Å². The molecule has 0 aliphatic rings. The normalized spacial score (nSPS) is 9.00. The molecule has 0 atom stereocenters. The summed E-state index contributed by atoms with van der Waals surface area (Å²) in [6, 6.07) is 1.61. The Hall–Kier alpha value is -1.82. The summed E-state index contributed by atoms with van der Waals surface area (Å²) in [4.78, 5) is 14.9. The number of pyridine rings is 1. The maximum atomic E-state index is 11.0. The van der Waals surface area contributed by atoms with Crippen LogP contribution in [-0.2, 0) is 4.74 Å². The maximum Gasteiger partial charge on any atom is 0.356 e. The standard InChI is InChI=1S/C10H9NO2/c1-4-8-6-11-9(5-7(8)2)10(12)13-3/h1,5-6H,2-3H3. The van der Waals surface area contributed by atoms with Gasteiger partial charge in [0.25, 0.3) is 0 Å². The van der Waals surface area contributed by atoms with Crippen molar-refractivity contribution < 1.29 is 9.53 Å². The zero-order valence-electron chi connectivity index (χ0n) is 7.50. The second-order valence-electron chi connectivity index (χ2n) is 2.52. The Morgan fingerprint density at radius 1 is 1.69 bits per heavy atom. The van der Waals surface area contributed by atoms with Crippen LogP contribution in [0.2, 0.25) is 0 Å². The predicted molar refractivity (Wildman–Crippen MR) is 48.2 cm³/mol. The summed E-state index contributed by atoms with van der Waals surface area (Å²) in [5.41, 5.74) is 1.81. The highest BCUT2D eigenvalue weighted by molar-refractivity contribution is 5.87. The van der Waals surface area contributed by atoms with Crippen molar-refractivity contribution in [1.82, 2.24) is 4.98 Å². The van der Waals surface area contributed by atoms with E-state index in [-0.39, 0.29) is 5.69 Å². The third-order valence-electron chi connectivity index (χ3n) is 1.66. The van der Waals surface area contributed by atoms with Gasteiger partial charge in [-0.3, -0.25) is 0 Å². The molecule has 66 valence electrons. The fraction of sp³-hybridized carbons (Fsp3) is 0.200. The highest BCUT2D eigenvalue weighted by Gasteiger charge is 2.07. The molecule has 0 spiro atoms. The number of hydrogen-bond donors (Lipinski definition) is 0. The minimum Gasteiger partial charge on any atom is -0.464 e. The molecule has 0 aromatic carbocycles. The molecule has 0 saturated heterocycles. The van der Waals surface area contributed by atoms with E-state index in [1.807, 2.05) is 6.92 Å². The first-order chi connectivity index (χ1) is 6.19. The molecule has 0 aliphatic heterocycles. The predicted octanol–water partition coefficient (Wildman–Crippen LogP) is 1.16. The Labute approximate surface area is 76.8 Å². The Bertz CT molecular complexity index is 377. The van der Waals surface area contributed by atoms with Crippen molar-refractivity contribution in [2.24, 2.45) is 0 Å². The highest BCUT2D eigenvalue weighted by atomic mass is 16.5. The van der Waals surface area contributed by atoms with Crippen molar-refractivity contribution in [2.45, 2.75) is 6.92 Å². The number of terminal acetylenes is 1. The molecule has 1 aromatic heterocycles. The van der Waals surface area contributed by atoms with Crippen molar-refractivity contribution >= 4 is 5.97 Å². The van der Waals surface area contributed by atoms with Crippen LogP contribution < -0.4 is 0 Å². The van der Waals surface area contributed by atoms with Gasteiger partial charge in [0, 0.05) is 11.8 Å².